The van der Waals surface area contributed by atoms with Crippen LogP contribution >= 0.6 is 11.6 Å². The average Bonchev–Trinajstić information content (AvgIpc) is 2.43. The second-order valence-electron chi connectivity index (χ2n) is 4.29. The van der Waals surface area contributed by atoms with Crippen molar-refractivity contribution in [2.45, 2.75) is 12.8 Å². The number of alkyl halides is 1. The monoisotopic (exact) mass is 275 g/mol. The van der Waals surface area contributed by atoms with Crippen LogP contribution in [0.1, 0.15) is 21.5 Å². The third kappa shape index (κ3) is 3.26. The summed E-state index contributed by atoms with van der Waals surface area (Å²) in [7, 11) is 0. The Balaban J connectivity index is 2.18. The highest BCUT2D eigenvalue weighted by molar-refractivity contribution is 6.17. The van der Waals surface area contributed by atoms with E-state index in [9.17, 15) is 9.90 Å². The highest BCUT2D eigenvalue weighted by atomic mass is 35.5. The highest BCUT2D eigenvalue weighted by Crippen LogP contribution is 2.20. The van der Waals surface area contributed by atoms with Gasteiger partial charge in [0.2, 0.25) is 0 Å². The number of phenolic OH excluding ortho intramolecular Hbond substituents is 1. The molecule has 0 aromatic heterocycles. The molecule has 2 N–H and O–H groups in total. The zero-order valence-corrected chi connectivity index (χ0v) is 11.2. The highest BCUT2D eigenvalue weighted by Gasteiger charge is 2.07. The fraction of sp³-hybridized carbons (Fsp3) is 0.133. The minimum atomic E-state index is -0.197. The summed E-state index contributed by atoms with van der Waals surface area (Å²) in [5, 5.41) is 12.2. The van der Waals surface area contributed by atoms with Crippen LogP contribution in [0.4, 0.5) is 5.69 Å². The van der Waals surface area contributed by atoms with Crippen LogP contribution in [0.15, 0.2) is 42.5 Å². The molecular formula is C15H14ClNO2. The Morgan fingerprint density at radius 2 is 2.05 bits per heavy atom. The summed E-state index contributed by atoms with van der Waals surface area (Å²) in [5.74, 6) is 0.388. The molecule has 0 unspecified atom stereocenters. The van der Waals surface area contributed by atoms with Crippen LogP contribution in [0, 0.1) is 6.92 Å². The van der Waals surface area contributed by atoms with Gasteiger partial charge in [-0.25, -0.2) is 0 Å². The lowest BCUT2D eigenvalue weighted by Crippen LogP contribution is -2.12. The molecule has 2 aromatic rings. The first-order chi connectivity index (χ1) is 9.10. The third-order valence-electron chi connectivity index (χ3n) is 2.80. The Labute approximate surface area is 116 Å². The number of rotatable bonds is 3. The van der Waals surface area contributed by atoms with Gasteiger partial charge in [-0.2, -0.15) is 0 Å². The number of nitrogens with one attached hydrogen (secondary N) is 1. The Kier molecular flexibility index (Phi) is 4.07. The van der Waals surface area contributed by atoms with Crippen LogP contribution < -0.4 is 5.32 Å². The lowest BCUT2D eigenvalue weighted by Gasteiger charge is -2.07. The van der Waals surface area contributed by atoms with Crippen molar-refractivity contribution in [3.05, 3.63) is 59.2 Å². The van der Waals surface area contributed by atoms with E-state index in [1.807, 2.05) is 6.07 Å². The molecule has 0 saturated carbocycles. The van der Waals surface area contributed by atoms with Crippen molar-refractivity contribution in [1.82, 2.24) is 0 Å². The Bertz CT molecular complexity index is 611. The quantitative estimate of drug-likeness (QED) is 0.663. The van der Waals surface area contributed by atoms with Gasteiger partial charge in [0.25, 0.3) is 5.91 Å². The number of carbonyl (C=O) groups excluding carboxylic acids is 1. The van der Waals surface area contributed by atoms with E-state index in [0.29, 0.717) is 22.7 Å². The maximum absolute atomic E-state index is 12.1. The first kappa shape index (κ1) is 13.4. The van der Waals surface area contributed by atoms with Gasteiger partial charge in [-0.1, -0.05) is 12.1 Å². The molecule has 3 nitrogen and oxygen atoms in total. The average molecular weight is 276 g/mol. The third-order valence-corrected chi connectivity index (χ3v) is 3.11. The first-order valence-corrected chi connectivity index (χ1v) is 6.39. The van der Waals surface area contributed by atoms with E-state index in [-0.39, 0.29) is 11.7 Å². The molecule has 1 amide bonds. The number of aromatic hydroxyl groups is 1. The van der Waals surface area contributed by atoms with Gasteiger partial charge in [0.05, 0.1) is 0 Å². The molecule has 0 aliphatic rings. The lowest BCUT2D eigenvalue weighted by molar-refractivity contribution is 0.102. The van der Waals surface area contributed by atoms with Crippen LogP contribution in [0.25, 0.3) is 0 Å². The maximum Gasteiger partial charge on any atom is 0.255 e. The lowest BCUT2D eigenvalue weighted by atomic mass is 10.1. The van der Waals surface area contributed by atoms with Crippen LogP contribution in [0.3, 0.4) is 0 Å². The fourth-order valence-corrected chi connectivity index (χ4v) is 1.90. The number of amides is 1. The molecule has 0 atom stereocenters. The number of phenols is 1. The van der Waals surface area contributed by atoms with Gasteiger partial charge in [0.1, 0.15) is 5.75 Å². The molecule has 98 valence electrons. The van der Waals surface area contributed by atoms with Crippen LogP contribution in [-0.2, 0) is 5.88 Å². The van der Waals surface area contributed by atoms with Crippen molar-refractivity contribution in [2.24, 2.45) is 0 Å². The number of hydrogen-bond acceptors (Lipinski definition) is 2. The van der Waals surface area contributed by atoms with Gasteiger partial charge >= 0.3 is 0 Å². The van der Waals surface area contributed by atoms with Crippen molar-refractivity contribution in [3.63, 3.8) is 0 Å². The van der Waals surface area contributed by atoms with Gasteiger partial charge in [0.15, 0.2) is 0 Å². The van der Waals surface area contributed by atoms with Crippen molar-refractivity contribution < 1.29 is 9.90 Å². The number of halogens is 1. The smallest absolute Gasteiger partial charge is 0.255 e. The molecule has 0 fully saturated rings. The van der Waals surface area contributed by atoms with Crippen molar-refractivity contribution >= 4 is 23.2 Å². The van der Waals surface area contributed by atoms with E-state index in [2.05, 4.69) is 5.32 Å². The summed E-state index contributed by atoms with van der Waals surface area (Å²) in [4.78, 5) is 12.1. The molecule has 0 heterocycles. The minimum Gasteiger partial charge on any atom is -0.508 e. The zero-order valence-electron chi connectivity index (χ0n) is 10.5. The summed E-state index contributed by atoms with van der Waals surface area (Å²) in [6, 6.07) is 12.1. The summed E-state index contributed by atoms with van der Waals surface area (Å²) in [5.41, 5.74) is 2.82. The van der Waals surface area contributed by atoms with Crippen LogP contribution in [0.5, 0.6) is 5.75 Å². The SMILES string of the molecule is Cc1cc(NC(=O)c2cccc(CCl)c2)ccc1O. The number of benzene rings is 2. The van der Waals surface area contributed by atoms with E-state index >= 15 is 0 Å². The molecule has 19 heavy (non-hydrogen) atoms. The molecule has 0 saturated heterocycles. The predicted octanol–water partition coefficient (Wildman–Crippen LogP) is 3.69. The first-order valence-electron chi connectivity index (χ1n) is 5.86. The van der Waals surface area contributed by atoms with E-state index in [1.165, 1.54) is 0 Å². The van der Waals surface area contributed by atoms with E-state index in [0.717, 1.165) is 5.56 Å². The molecule has 0 bridgehead atoms. The maximum atomic E-state index is 12.1. The van der Waals surface area contributed by atoms with Gasteiger partial charge in [-0.15, -0.1) is 11.6 Å². The second-order valence-corrected chi connectivity index (χ2v) is 4.56. The van der Waals surface area contributed by atoms with Crippen molar-refractivity contribution in [3.8, 4) is 5.75 Å². The molecule has 4 heteroatoms. The summed E-state index contributed by atoms with van der Waals surface area (Å²) < 4.78 is 0. The Morgan fingerprint density at radius 3 is 2.74 bits per heavy atom. The number of anilines is 1. The second kappa shape index (κ2) is 5.76. The van der Waals surface area contributed by atoms with Crippen molar-refractivity contribution in [1.29, 1.82) is 0 Å². The van der Waals surface area contributed by atoms with Gasteiger partial charge in [-0.3, -0.25) is 4.79 Å². The van der Waals surface area contributed by atoms with Gasteiger partial charge in [-0.05, 0) is 48.4 Å². The van der Waals surface area contributed by atoms with E-state index in [1.54, 1.807) is 43.3 Å². The topological polar surface area (TPSA) is 49.3 Å². The summed E-state index contributed by atoms with van der Waals surface area (Å²) in [6.07, 6.45) is 0. The molecule has 0 aliphatic carbocycles. The zero-order chi connectivity index (χ0) is 13.8. The Hall–Kier alpha value is -2.00. The molecule has 0 spiro atoms. The van der Waals surface area contributed by atoms with E-state index in [4.69, 9.17) is 11.6 Å². The van der Waals surface area contributed by atoms with E-state index < -0.39 is 0 Å². The normalized spacial score (nSPS) is 10.2. The summed E-state index contributed by atoms with van der Waals surface area (Å²) in [6.45, 7) is 1.78. The molecule has 2 aromatic carbocycles. The fourth-order valence-electron chi connectivity index (χ4n) is 1.73. The standard InChI is InChI=1S/C15H14ClNO2/c1-10-7-13(5-6-14(10)18)17-15(19)12-4-2-3-11(8-12)9-16/h2-8,18H,9H2,1H3,(H,17,19). The number of carbonyl (C=O) groups is 1. The molecule has 0 aliphatic heterocycles. The van der Waals surface area contributed by atoms with Gasteiger partial charge < -0.3 is 10.4 Å². The van der Waals surface area contributed by atoms with Crippen LogP contribution in [-0.4, -0.2) is 11.0 Å². The largest absolute Gasteiger partial charge is 0.508 e. The molecule has 2 rings (SSSR count). The minimum absolute atomic E-state index is 0.197. The number of hydrogen-bond donors (Lipinski definition) is 2. The van der Waals surface area contributed by atoms with Gasteiger partial charge in [0, 0.05) is 17.1 Å². The molecule has 0 radical (unpaired) electrons. The number of aryl methyl sites for hydroxylation is 1. The van der Waals surface area contributed by atoms with Crippen LogP contribution in [0.2, 0.25) is 0 Å². The van der Waals surface area contributed by atoms with Crippen molar-refractivity contribution in [2.75, 3.05) is 5.32 Å². The summed E-state index contributed by atoms with van der Waals surface area (Å²) >= 11 is 5.74. The predicted molar refractivity (Wildman–Crippen MR) is 76.8 cm³/mol. The Morgan fingerprint density at radius 1 is 1.26 bits per heavy atom. The molecular weight excluding hydrogens is 262 g/mol.